The molecule has 0 N–H and O–H groups in total. The molecule has 0 aliphatic carbocycles. The van der Waals surface area contributed by atoms with E-state index in [2.05, 4.69) is 20.2 Å². The minimum atomic E-state index is -4.62. The SMILES string of the molecule is Cc1cc(C)c(N(c2cccc(-n3ccc(C(F)(F)F)n3)n2)c2cccc(-n3ccc(C(F)(F)F)n3)n2)c(C)c1. The molecule has 40 heavy (non-hydrogen) atoms. The van der Waals surface area contributed by atoms with Crippen LogP contribution in [0.4, 0.5) is 43.7 Å². The summed E-state index contributed by atoms with van der Waals surface area (Å²) in [6.45, 7) is 5.72. The molecule has 0 fully saturated rings. The molecule has 0 aliphatic heterocycles. The van der Waals surface area contributed by atoms with E-state index >= 15 is 0 Å². The van der Waals surface area contributed by atoms with Crippen molar-refractivity contribution in [1.29, 1.82) is 0 Å². The third kappa shape index (κ3) is 5.26. The Balaban J connectivity index is 1.65. The van der Waals surface area contributed by atoms with Crippen LogP contribution in [0.5, 0.6) is 0 Å². The Labute approximate surface area is 224 Å². The van der Waals surface area contributed by atoms with Gasteiger partial charge in [-0.2, -0.15) is 36.5 Å². The summed E-state index contributed by atoms with van der Waals surface area (Å²) in [7, 11) is 0. The predicted octanol–water partition coefficient (Wildman–Crippen LogP) is 7.28. The van der Waals surface area contributed by atoms with Crippen LogP contribution < -0.4 is 4.90 Å². The number of nitrogens with zero attached hydrogens (tertiary/aromatic N) is 7. The first-order chi connectivity index (χ1) is 18.8. The normalized spacial score (nSPS) is 12.1. The van der Waals surface area contributed by atoms with E-state index in [0.717, 1.165) is 50.6 Å². The quantitative estimate of drug-likeness (QED) is 0.213. The van der Waals surface area contributed by atoms with Crippen LogP contribution in [-0.2, 0) is 12.4 Å². The van der Waals surface area contributed by atoms with Crippen molar-refractivity contribution >= 4 is 17.3 Å². The van der Waals surface area contributed by atoms with Crippen molar-refractivity contribution in [2.45, 2.75) is 33.1 Å². The molecule has 0 aliphatic rings. The van der Waals surface area contributed by atoms with Crippen LogP contribution in [0.3, 0.4) is 0 Å². The minimum Gasteiger partial charge on any atom is -0.278 e. The highest BCUT2D eigenvalue weighted by atomic mass is 19.4. The van der Waals surface area contributed by atoms with Crippen LogP contribution in [-0.4, -0.2) is 29.5 Å². The second-order valence-electron chi connectivity index (χ2n) is 9.08. The smallest absolute Gasteiger partial charge is 0.278 e. The maximum atomic E-state index is 13.2. The number of alkyl halides is 6. The van der Waals surface area contributed by atoms with E-state index in [1.54, 1.807) is 29.2 Å². The van der Waals surface area contributed by atoms with Crippen LogP contribution in [0.1, 0.15) is 28.1 Å². The van der Waals surface area contributed by atoms with E-state index in [0.29, 0.717) is 17.3 Å². The molecule has 0 amide bonds. The van der Waals surface area contributed by atoms with Crippen LogP contribution >= 0.6 is 0 Å². The fourth-order valence-electron chi connectivity index (χ4n) is 4.41. The summed E-state index contributed by atoms with van der Waals surface area (Å²) in [6, 6.07) is 15.2. The Bertz CT molecular complexity index is 1560. The first kappa shape index (κ1) is 26.9. The molecule has 4 heterocycles. The Hall–Kier alpha value is -4.68. The molecule has 0 spiro atoms. The van der Waals surface area contributed by atoms with E-state index in [9.17, 15) is 26.3 Å². The number of benzene rings is 1. The van der Waals surface area contributed by atoms with Gasteiger partial charge in [0.15, 0.2) is 23.0 Å². The number of anilines is 3. The van der Waals surface area contributed by atoms with Crippen LogP contribution in [0, 0.1) is 20.8 Å². The number of aromatic nitrogens is 6. The van der Waals surface area contributed by atoms with Gasteiger partial charge in [-0.05, 0) is 68.3 Å². The summed E-state index contributed by atoms with van der Waals surface area (Å²) in [5, 5.41) is 7.22. The van der Waals surface area contributed by atoms with Crippen LogP contribution in [0.2, 0.25) is 0 Å². The molecule has 1 aromatic carbocycles. The lowest BCUT2D eigenvalue weighted by Gasteiger charge is -2.27. The zero-order chi connectivity index (χ0) is 28.8. The maximum Gasteiger partial charge on any atom is 0.435 e. The zero-order valence-corrected chi connectivity index (χ0v) is 21.3. The standard InChI is InChI=1S/C27H21F6N7/c1-16-14-17(2)25(18(3)15-16)40(23-8-4-6-21(34-23)38-12-10-19(36-38)26(28,29)30)24-9-5-7-22(35-24)39-13-11-20(37-39)27(31,32)33/h4-15H,1-3H3. The summed E-state index contributed by atoms with van der Waals surface area (Å²) in [6.07, 6.45) is -6.91. The number of halogens is 6. The molecule has 5 aromatic rings. The summed E-state index contributed by atoms with van der Waals surface area (Å²) >= 11 is 0. The van der Waals surface area contributed by atoms with Gasteiger partial charge in [0.1, 0.15) is 11.6 Å². The fourth-order valence-corrected chi connectivity index (χ4v) is 4.41. The van der Waals surface area contributed by atoms with Gasteiger partial charge in [-0.3, -0.25) is 4.90 Å². The second-order valence-corrected chi connectivity index (χ2v) is 9.08. The van der Waals surface area contributed by atoms with E-state index in [-0.39, 0.29) is 11.6 Å². The Morgan fingerprint density at radius 2 is 1.05 bits per heavy atom. The van der Waals surface area contributed by atoms with Crippen molar-refractivity contribution in [3.63, 3.8) is 0 Å². The molecule has 0 unspecified atom stereocenters. The van der Waals surface area contributed by atoms with E-state index in [4.69, 9.17) is 0 Å². The van der Waals surface area contributed by atoms with Crippen molar-refractivity contribution in [2.75, 3.05) is 4.90 Å². The van der Waals surface area contributed by atoms with E-state index in [1.807, 2.05) is 32.9 Å². The Morgan fingerprint density at radius 1 is 0.625 bits per heavy atom. The summed E-state index contributed by atoms with van der Waals surface area (Å²) in [5.74, 6) is 0.854. The van der Waals surface area contributed by atoms with E-state index in [1.165, 1.54) is 12.1 Å². The maximum absolute atomic E-state index is 13.2. The van der Waals surface area contributed by atoms with Crippen molar-refractivity contribution < 1.29 is 26.3 Å². The average molecular weight is 558 g/mol. The monoisotopic (exact) mass is 557 g/mol. The van der Waals surface area contributed by atoms with Gasteiger partial charge < -0.3 is 0 Å². The fraction of sp³-hybridized carbons (Fsp3) is 0.185. The topological polar surface area (TPSA) is 64.7 Å². The molecular formula is C27H21F6N7. The molecule has 0 saturated heterocycles. The average Bonchev–Trinajstić information content (AvgIpc) is 3.57. The summed E-state index contributed by atoms with van der Waals surface area (Å²) in [4.78, 5) is 10.9. The molecule has 206 valence electrons. The number of aryl methyl sites for hydroxylation is 3. The van der Waals surface area contributed by atoms with Gasteiger partial charge in [0.2, 0.25) is 0 Å². The first-order valence-corrected chi connectivity index (χ1v) is 11.9. The molecular weight excluding hydrogens is 536 g/mol. The Morgan fingerprint density at radius 3 is 1.43 bits per heavy atom. The third-order valence-electron chi connectivity index (χ3n) is 5.99. The molecule has 7 nitrogen and oxygen atoms in total. The van der Waals surface area contributed by atoms with Gasteiger partial charge in [0.25, 0.3) is 0 Å². The zero-order valence-electron chi connectivity index (χ0n) is 21.3. The highest BCUT2D eigenvalue weighted by Crippen LogP contribution is 2.38. The highest BCUT2D eigenvalue weighted by Gasteiger charge is 2.34. The molecule has 0 saturated carbocycles. The molecule has 0 radical (unpaired) electrons. The van der Waals surface area contributed by atoms with Gasteiger partial charge in [-0.1, -0.05) is 29.8 Å². The lowest BCUT2D eigenvalue weighted by atomic mass is 10.0. The Kier molecular flexibility index (Phi) is 6.60. The first-order valence-electron chi connectivity index (χ1n) is 11.9. The number of pyridine rings is 2. The molecule has 4 aromatic heterocycles. The predicted molar refractivity (Wildman–Crippen MR) is 135 cm³/mol. The van der Waals surface area contributed by atoms with Crippen molar-refractivity contribution in [3.8, 4) is 11.6 Å². The van der Waals surface area contributed by atoms with Gasteiger partial charge >= 0.3 is 12.4 Å². The summed E-state index contributed by atoms with van der Waals surface area (Å²) < 4.78 is 80.9. The van der Waals surface area contributed by atoms with Gasteiger partial charge in [-0.25, -0.2) is 19.3 Å². The molecule has 0 atom stereocenters. The van der Waals surface area contributed by atoms with Gasteiger partial charge in [-0.15, -0.1) is 0 Å². The van der Waals surface area contributed by atoms with Crippen LogP contribution in [0.25, 0.3) is 11.6 Å². The minimum absolute atomic E-state index is 0.124. The number of hydrogen-bond acceptors (Lipinski definition) is 5. The third-order valence-corrected chi connectivity index (χ3v) is 5.99. The van der Waals surface area contributed by atoms with Crippen LogP contribution in [0.15, 0.2) is 73.1 Å². The number of hydrogen-bond donors (Lipinski definition) is 0. The van der Waals surface area contributed by atoms with Gasteiger partial charge in [0.05, 0.1) is 5.69 Å². The van der Waals surface area contributed by atoms with Crippen molar-refractivity contribution in [1.82, 2.24) is 29.5 Å². The lowest BCUT2D eigenvalue weighted by molar-refractivity contribution is -0.142. The van der Waals surface area contributed by atoms with E-state index < -0.39 is 23.7 Å². The molecule has 0 bridgehead atoms. The molecule has 5 rings (SSSR count). The van der Waals surface area contributed by atoms with Crippen molar-refractivity contribution in [3.05, 3.63) is 101 Å². The summed E-state index contributed by atoms with van der Waals surface area (Å²) in [5.41, 5.74) is 1.30. The lowest BCUT2D eigenvalue weighted by Crippen LogP contribution is -2.17. The molecule has 13 heteroatoms. The van der Waals surface area contributed by atoms with Gasteiger partial charge in [0, 0.05) is 12.4 Å². The second kappa shape index (κ2) is 9.81. The van der Waals surface area contributed by atoms with Crippen molar-refractivity contribution in [2.24, 2.45) is 0 Å². The largest absolute Gasteiger partial charge is 0.435 e. The highest BCUT2D eigenvalue weighted by molar-refractivity contribution is 5.77. The number of rotatable bonds is 5.